The van der Waals surface area contributed by atoms with Crippen molar-refractivity contribution < 1.29 is 9.90 Å². The summed E-state index contributed by atoms with van der Waals surface area (Å²) in [5.74, 6) is 0.410. The third-order valence-electron chi connectivity index (χ3n) is 2.81. The van der Waals surface area contributed by atoms with Crippen LogP contribution in [0, 0.1) is 17.8 Å². The molecule has 1 saturated heterocycles. The molecule has 2 rings (SSSR count). The highest BCUT2D eigenvalue weighted by Crippen LogP contribution is 2.41. The van der Waals surface area contributed by atoms with Crippen molar-refractivity contribution in [2.24, 2.45) is 17.8 Å². The first-order valence-corrected chi connectivity index (χ1v) is 4.22. The van der Waals surface area contributed by atoms with Crippen molar-refractivity contribution >= 4 is 5.97 Å². The Balaban J connectivity index is 2.01. The van der Waals surface area contributed by atoms with E-state index in [4.69, 9.17) is 5.11 Å². The lowest BCUT2D eigenvalue weighted by Gasteiger charge is -2.12. The number of carboxylic acids is 1. The second-order valence-corrected chi connectivity index (χ2v) is 3.60. The number of hydrogen-bond donors (Lipinski definition) is 2. The van der Waals surface area contributed by atoms with Gasteiger partial charge in [-0.2, -0.15) is 0 Å². The summed E-state index contributed by atoms with van der Waals surface area (Å²) in [6.45, 7) is 1.60. The van der Waals surface area contributed by atoms with Gasteiger partial charge in [0.15, 0.2) is 0 Å². The summed E-state index contributed by atoms with van der Waals surface area (Å²) in [4.78, 5) is 10.7. The summed E-state index contributed by atoms with van der Waals surface area (Å²) in [5, 5.41) is 12.0. The van der Waals surface area contributed by atoms with Crippen molar-refractivity contribution in [3.8, 4) is 0 Å². The van der Waals surface area contributed by atoms with E-state index in [1.165, 1.54) is 12.8 Å². The van der Waals surface area contributed by atoms with Crippen molar-refractivity contribution in [1.29, 1.82) is 0 Å². The van der Waals surface area contributed by atoms with Crippen LogP contribution in [0.25, 0.3) is 0 Å². The van der Waals surface area contributed by atoms with Gasteiger partial charge in [0.05, 0.1) is 5.92 Å². The topological polar surface area (TPSA) is 49.3 Å². The Morgan fingerprint density at radius 1 is 1.36 bits per heavy atom. The summed E-state index contributed by atoms with van der Waals surface area (Å²) in [6.07, 6.45) is 2.49. The van der Waals surface area contributed by atoms with Gasteiger partial charge in [-0.25, -0.2) is 0 Å². The van der Waals surface area contributed by atoms with Crippen LogP contribution in [0.1, 0.15) is 12.8 Å². The highest BCUT2D eigenvalue weighted by molar-refractivity contribution is 5.71. The van der Waals surface area contributed by atoms with Gasteiger partial charge in [-0.3, -0.25) is 4.79 Å². The molecule has 0 aromatic rings. The Kier molecular flexibility index (Phi) is 1.60. The Labute approximate surface area is 65.8 Å². The Morgan fingerprint density at radius 2 is 2.09 bits per heavy atom. The number of rotatable bonds is 2. The maximum absolute atomic E-state index is 10.7. The van der Waals surface area contributed by atoms with Crippen LogP contribution in [0.4, 0.5) is 0 Å². The molecule has 0 bridgehead atoms. The van der Waals surface area contributed by atoms with Crippen LogP contribution in [0.15, 0.2) is 0 Å². The lowest BCUT2D eigenvalue weighted by atomic mass is 9.92. The average molecular weight is 155 g/mol. The van der Waals surface area contributed by atoms with Gasteiger partial charge in [0.25, 0.3) is 0 Å². The lowest BCUT2D eigenvalue weighted by Crippen LogP contribution is -2.23. The smallest absolute Gasteiger partial charge is 0.308 e. The zero-order valence-corrected chi connectivity index (χ0v) is 6.42. The minimum atomic E-state index is -0.619. The van der Waals surface area contributed by atoms with Crippen LogP contribution >= 0.6 is 0 Å². The van der Waals surface area contributed by atoms with E-state index in [0.717, 1.165) is 6.54 Å². The third kappa shape index (κ3) is 1.25. The van der Waals surface area contributed by atoms with E-state index in [0.29, 0.717) is 18.4 Å². The fourth-order valence-electron chi connectivity index (χ4n) is 1.99. The van der Waals surface area contributed by atoms with Crippen molar-refractivity contribution in [3.05, 3.63) is 0 Å². The fourth-order valence-corrected chi connectivity index (χ4v) is 1.99. The molecule has 0 amide bonds. The standard InChI is InChI=1S/C8H13NO2/c10-8(11)7-4-9-3-6(7)5-1-2-5/h5-7,9H,1-4H2,(H,10,11)/t6-,7-/m1/s1. The summed E-state index contributed by atoms with van der Waals surface area (Å²) >= 11 is 0. The van der Waals surface area contributed by atoms with Crippen molar-refractivity contribution in [3.63, 3.8) is 0 Å². The molecule has 1 saturated carbocycles. The highest BCUT2D eigenvalue weighted by Gasteiger charge is 2.42. The normalized spacial score (nSPS) is 37.5. The molecule has 3 nitrogen and oxygen atoms in total. The summed E-state index contributed by atoms with van der Waals surface area (Å²) in [6, 6.07) is 0. The van der Waals surface area contributed by atoms with E-state index in [1.807, 2.05) is 0 Å². The van der Waals surface area contributed by atoms with Crippen LogP contribution in [0.5, 0.6) is 0 Å². The summed E-state index contributed by atoms with van der Waals surface area (Å²) < 4.78 is 0. The van der Waals surface area contributed by atoms with Gasteiger partial charge in [0.1, 0.15) is 0 Å². The molecule has 0 aromatic heterocycles. The molecular weight excluding hydrogens is 142 g/mol. The van der Waals surface area contributed by atoms with Crippen molar-refractivity contribution in [2.45, 2.75) is 12.8 Å². The first-order chi connectivity index (χ1) is 5.29. The molecule has 2 aliphatic rings. The molecule has 1 aliphatic heterocycles. The maximum Gasteiger partial charge on any atom is 0.308 e. The van der Waals surface area contributed by atoms with E-state index in [9.17, 15) is 4.79 Å². The first-order valence-electron chi connectivity index (χ1n) is 4.22. The molecule has 11 heavy (non-hydrogen) atoms. The predicted molar refractivity (Wildman–Crippen MR) is 40.2 cm³/mol. The van der Waals surface area contributed by atoms with Gasteiger partial charge < -0.3 is 10.4 Å². The van der Waals surface area contributed by atoms with Gasteiger partial charge in [-0.15, -0.1) is 0 Å². The minimum absolute atomic E-state index is 0.109. The minimum Gasteiger partial charge on any atom is -0.481 e. The van der Waals surface area contributed by atoms with Crippen LogP contribution in [-0.4, -0.2) is 24.2 Å². The maximum atomic E-state index is 10.7. The number of nitrogens with one attached hydrogen (secondary N) is 1. The van der Waals surface area contributed by atoms with E-state index < -0.39 is 5.97 Å². The lowest BCUT2D eigenvalue weighted by molar-refractivity contribution is -0.142. The Hall–Kier alpha value is -0.570. The van der Waals surface area contributed by atoms with Gasteiger partial charge in [0.2, 0.25) is 0 Å². The molecule has 2 fully saturated rings. The second-order valence-electron chi connectivity index (χ2n) is 3.60. The van der Waals surface area contributed by atoms with E-state index in [1.54, 1.807) is 0 Å². The molecule has 1 heterocycles. The molecule has 0 unspecified atom stereocenters. The van der Waals surface area contributed by atoms with Crippen LogP contribution in [0.2, 0.25) is 0 Å². The Morgan fingerprint density at radius 3 is 2.64 bits per heavy atom. The molecule has 2 N–H and O–H groups in total. The molecule has 0 aromatic carbocycles. The average Bonchev–Trinajstić information content (AvgIpc) is 2.68. The molecular formula is C8H13NO2. The van der Waals surface area contributed by atoms with Gasteiger partial charge >= 0.3 is 5.97 Å². The van der Waals surface area contributed by atoms with Crippen molar-refractivity contribution in [1.82, 2.24) is 5.32 Å². The second kappa shape index (κ2) is 2.48. The quantitative estimate of drug-likeness (QED) is 0.603. The van der Waals surface area contributed by atoms with Crippen LogP contribution in [-0.2, 0) is 4.79 Å². The number of carboxylic acid groups (broad SMARTS) is 1. The van der Waals surface area contributed by atoms with Crippen LogP contribution in [0.3, 0.4) is 0 Å². The first kappa shape index (κ1) is 7.10. The number of hydrogen-bond acceptors (Lipinski definition) is 2. The van der Waals surface area contributed by atoms with E-state index >= 15 is 0 Å². The van der Waals surface area contributed by atoms with Crippen molar-refractivity contribution in [2.75, 3.05) is 13.1 Å². The highest BCUT2D eigenvalue weighted by atomic mass is 16.4. The van der Waals surface area contributed by atoms with Gasteiger partial charge in [-0.05, 0) is 31.2 Å². The fraction of sp³-hybridized carbons (Fsp3) is 0.875. The third-order valence-corrected chi connectivity index (χ3v) is 2.81. The van der Waals surface area contributed by atoms with Gasteiger partial charge in [0, 0.05) is 6.54 Å². The van der Waals surface area contributed by atoms with E-state index in [2.05, 4.69) is 5.32 Å². The van der Waals surface area contributed by atoms with Gasteiger partial charge in [-0.1, -0.05) is 0 Å². The SMILES string of the molecule is O=C(O)[C@@H]1CNC[C@@H]1C1CC1. The predicted octanol–water partition coefficient (Wildman–Crippen LogP) is 0.317. The molecule has 1 aliphatic carbocycles. The monoisotopic (exact) mass is 155 g/mol. The summed E-state index contributed by atoms with van der Waals surface area (Å²) in [5.41, 5.74) is 0. The molecule has 0 spiro atoms. The molecule has 2 atom stereocenters. The van der Waals surface area contributed by atoms with E-state index in [-0.39, 0.29) is 5.92 Å². The largest absolute Gasteiger partial charge is 0.481 e. The van der Waals surface area contributed by atoms with Crippen LogP contribution < -0.4 is 5.32 Å². The molecule has 62 valence electrons. The zero-order chi connectivity index (χ0) is 7.84. The molecule has 3 heteroatoms. The molecule has 0 radical (unpaired) electrons. The summed E-state index contributed by atoms with van der Waals surface area (Å²) in [7, 11) is 0. The number of carbonyl (C=O) groups is 1. The zero-order valence-electron chi connectivity index (χ0n) is 6.42. The number of aliphatic carboxylic acids is 1. The Bertz CT molecular complexity index is 177.